The van der Waals surface area contributed by atoms with E-state index in [9.17, 15) is 4.79 Å². The normalized spacial score (nSPS) is 10.1. The highest BCUT2D eigenvalue weighted by Crippen LogP contribution is 2.11. The lowest BCUT2D eigenvalue weighted by atomic mass is 10.2. The molecule has 2 aromatic rings. The highest BCUT2D eigenvalue weighted by molar-refractivity contribution is 5.94. The van der Waals surface area contributed by atoms with Crippen LogP contribution in [0, 0.1) is 0 Å². The van der Waals surface area contributed by atoms with Gasteiger partial charge in [-0.15, -0.1) is 0 Å². The van der Waals surface area contributed by atoms with Gasteiger partial charge in [-0.05, 0) is 24.3 Å². The third-order valence-corrected chi connectivity index (χ3v) is 2.71. The van der Waals surface area contributed by atoms with Gasteiger partial charge in [0, 0.05) is 37.7 Å². The first-order valence-electron chi connectivity index (χ1n) is 5.72. The molecule has 0 bridgehead atoms. The number of hydrogen-bond acceptors (Lipinski definition) is 3. The molecule has 0 spiro atoms. The molecule has 0 aliphatic heterocycles. The number of benzene rings is 1. The zero-order valence-corrected chi connectivity index (χ0v) is 10.5. The van der Waals surface area contributed by atoms with E-state index >= 15 is 0 Å². The fraction of sp³-hybridized carbons (Fsp3) is 0.231. The van der Waals surface area contributed by atoms with Crippen LogP contribution in [-0.2, 0) is 6.54 Å². The van der Waals surface area contributed by atoms with Crippen LogP contribution in [0.2, 0.25) is 0 Å². The number of aromatic amines is 1. The van der Waals surface area contributed by atoms with Crippen LogP contribution in [0.4, 0.5) is 5.69 Å². The minimum Gasteiger partial charge on any atom is -0.388 e. The van der Waals surface area contributed by atoms with E-state index < -0.39 is 0 Å². The molecule has 1 aromatic carbocycles. The van der Waals surface area contributed by atoms with Gasteiger partial charge < -0.3 is 15.2 Å². The Balaban J connectivity index is 2.05. The summed E-state index contributed by atoms with van der Waals surface area (Å²) in [6, 6.07) is 7.39. The molecule has 5 heteroatoms. The number of anilines is 1. The second-order valence-corrected chi connectivity index (χ2v) is 4.02. The van der Waals surface area contributed by atoms with Crippen LogP contribution < -0.4 is 5.32 Å². The number of carbonyl (C=O) groups is 1. The second-order valence-electron chi connectivity index (χ2n) is 4.02. The topological polar surface area (TPSA) is 61.0 Å². The number of nitrogens with one attached hydrogen (secondary N) is 2. The third kappa shape index (κ3) is 2.68. The lowest BCUT2D eigenvalue weighted by molar-refractivity contribution is 0.0782. The lowest BCUT2D eigenvalue weighted by Gasteiger charge is -2.16. The number of nitrogens with zero attached hydrogens (tertiary/aromatic N) is 2. The highest BCUT2D eigenvalue weighted by atomic mass is 16.2. The molecule has 1 aromatic heterocycles. The molecule has 1 heterocycles. The molecule has 2 N–H and O–H groups in total. The van der Waals surface area contributed by atoms with Gasteiger partial charge in [0.1, 0.15) is 5.82 Å². The van der Waals surface area contributed by atoms with Gasteiger partial charge in [0.15, 0.2) is 0 Å². The Morgan fingerprint density at radius 3 is 2.67 bits per heavy atom. The summed E-state index contributed by atoms with van der Waals surface area (Å²) in [6.07, 6.45) is 3.42. The van der Waals surface area contributed by atoms with Crippen molar-refractivity contribution >= 4 is 11.6 Å². The molecule has 94 valence electrons. The van der Waals surface area contributed by atoms with E-state index in [4.69, 9.17) is 0 Å². The van der Waals surface area contributed by atoms with Crippen LogP contribution in [0.15, 0.2) is 36.7 Å². The molecule has 0 saturated heterocycles. The SMILES string of the molecule is CNc1ccc(C(=O)N(C)Cc2ncc[nH]2)cc1. The highest BCUT2D eigenvalue weighted by Gasteiger charge is 2.12. The van der Waals surface area contributed by atoms with Crippen LogP contribution in [0.3, 0.4) is 0 Å². The Bertz CT molecular complexity index is 504. The number of aromatic nitrogens is 2. The average Bonchev–Trinajstić information content (AvgIpc) is 2.91. The Hall–Kier alpha value is -2.30. The molecular weight excluding hydrogens is 228 g/mol. The van der Waals surface area contributed by atoms with E-state index in [1.54, 1.807) is 24.3 Å². The summed E-state index contributed by atoms with van der Waals surface area (Å²) in [5.41, 5.74) is 1.66. The monoisotopic (exact) mass is 244 g/mol. The van der Waals surface area contributed by atoms with Crippen molar-refractivity contribution in [2.45, 2.75) is 6.54 Å². The number of rotatable bonds is 4. The lowest BCUT2D eigenvalue weighted by Crippen LogP contribution is -2.26. The van der Waals surface area contributed by atoms with Crippen molar-refractivity contribution in [3.05, 3.63) is 48.0 Å². The fourth-order valence-corrected chi connectivity index (χ4v) is 1.68. The van der Waals surface area contributed by atoms with E-state index in [0.29, 0.717) is 12.1 Å². The number of H-pyrrole nitrogens is 1. The quantitative estimate of drug-likeness (QED) is 0.861. The molecule has 1 amide bonds. The zero-order valence-electron chi connectivity index (χ0n) is 10.5. The van der Waals surface area contributed by atoms with Crippen LogP contribution >= 0.6 is 0 Å². The molecule has 18 heavy (non-hydrogen) atoms. The predicted molar refractivity (Wildman–Crippen MR) is 70.4 cm³/mol. The maximum absolute atomic E-state index is 12.1. The maximum atomic E-state index is 12.1. The van der Waals surface area contributed by atoms with Crippen molar-refractivity contribution < 1.29 is 4.79 Å². The van der Waals surface area contributed by atoms with Crippen molar-refractivity contribution in [1.29, 1.82) is 0 Å². The first kappa shape index (κ1) is 12.2. The Kier molecular flexibility index (Phi) is 3.62. The number of amides is 1. The molecule has 2 rings (SSSR count). The van der Waals surface area contributed by atoms with Gasteiger partial charge in [0.2, 0.25) is 0 Å². The predicted octanol–water partition coefficient (Wildman–Crippen LogP) is 1.72. The molecule has 0 radical (unpaired) electrons. The molecule has 0 saturated carbocycles. The van der Waals surface area contributed by atoms with Crippen LogP contribution in [0.1, 0.15) is 16.2 Å². The first-order valence-corrected chi connectivity index (χ1v) is 5.72. The molecule has 0 fully saturated rings. The van der Waals surface area contributed by atoms with Crippen molar-refractivity contribution in [2.24, 2.45) is 0 Å². The van der Waals surface area contributed by atoms with Gasteiger partial charge in [-0.3, -0.25) is 4.79 Å². The second kappa shape index (κ2) is 5.35. The third-order valence-electron chi connectivity index (χ3n) is 2.71. The van der Waals surface area contributed by atoms with Crippen LogP contribution in [0.25, 0.3) is 0 Å². The average molecular weight is 244 g/mol. The molecular formula is C13H16N4O. The molecule has 0 aliphatic rings. The summed E-state index contributed by atoms with van der Waals surface area (Å²) in [7, 11) is 3.61. The van der Waals surface area contributed by atoms with E-state index in [-0.39, 0.29) is 5.91 Å². The van der Waals surface area contributed by atoms with Crippen molar-refractivity contribution in [3.8, 4) is 0 Å². The number of carbonyl (C=O) groups excluding carboxylic acids is 1. The molecule has 0 atom stereocenters. The molecule has 0 aliphatic carbocycles. The van der Waals surface area contributed by atoms with Crippen molar-refractivity contribution in [3.63, 3.8) is 0 Å². The summed E-state index contributed by atoms with van der Waals surface area (Å²) in [5.74, 6) is 0.756. The van der Waals surface area contributed by atoms with Crippen LogP contribution in [-0.4, -0.2) is 34.9 Å². The minimum absolute atomic E-state index is 0.0194. The van der Waals surface area contributed by atoms with Gasteiger partial charge in [-0.1, -0.05) is 0 Å². The summed E-state index contributed by atoms with van der Waals surface area (Å²) in [4.78, 5) is 20.8. The van der Waals surface area contributed by atoms with E-state index in [1.807, 2.05) is 31.3 Å². The number of imidazole rings is 1. The first-order chi connectivity index (χ1) is 8.70. The largest absolute Gasteiger partial charge is 0.388 e. The smallest absolute Gasteiger partial charge is 0.254 e. The van der Waals surface area contributed by atoms with Crippen molar-refractivity contribution in [2.75, 3.05) is 19.4 Å². The van der Waals surface area contributed by atoms with E-state index in [1.165, 1.54) is 0 Å². The summed E-state index contributed by atoms with van der Waals surface area (Å²) < 4.78 is 0. The van der Waals surface area contributed by atoms with Gasteiger partial charge in [0.25, 0.3) is 5.91 Å². The standard InChI is InChI=1S/C13H16N4O/c1-14-11-5-3-10(4-6-11)13(18)17(2)9-12-15-7-8-16-12/h3-8,14H,9H2,1-2H3,(H,15,16). The molecule has 5 nitrogen and oxygen atoms in total. The van der Waals surface area contributed by atoms with Gasteiger partial charge >= 0.3 is 0 Å². The summed E-state index contributed by atoms with van der Waals surface area (Å²) >= 11 is 0. The van der Waals surface area contributed by atoms with Crippen molar-refractivity contribution in [1.82, 2.24) is 14.9 Å². The fourth-order valence-electron chi connectivity index (χ4n) is 1.68. The van der Waals surface area contributed by atoms with Gasteiger partial charge in [-0.25, -0.2) is 4.98 Å². The van der Waals surface area contributed by atoms with Gasteiger partial charge in [-0.2, -0.15) is 0 Å². The van der Waals surface area contributed by atoms with E-state index in [0.717, 1.165) is 11.5 Å². The zero-order chi connectivity index (χ0) is 13.0. The Morgan fingerprint density at radius 1 is 1.39 bits per heavy atom. The number of hydrogen-bond donors (Lipinski definition) is 2. The Labute approximate surface area is 106 Å². The summed E-state index contributed by atoms with van der Waals surface area (Å²) in [5, 5.41) is 3.02. The van der Waals surface area contributed by atoms with Crippen LogP contribution in [0.5, 0.6) is 0 Å². The maximum Gasteiger partial charge on any atom is 0.254 e. The Morgan fingerprint density at radius 2 is 2.11 bits per heavy atom. The minimum atomic E-state index is -0.0194. The van der Waals surface area contributed by atoms with E-state index in [2.05, 4.69) is 15.3 Å². The summed E-state index contributed by atoms with van der Waals surface area (Å²) in [6.45, 7) is 0.472. The molecule has 0 unspecified atom stereocenters. The van der Waals surface area contributed by atoms with Gasteiger partial charge in [0.05, 0.1) is 6.54 Å².